The number of anilines is 1. The molecule has 0 aliphatic rings. The van der Waals surface area contributed by atoms with E-state index in [1.807, 2.05) is 6.08 Å². The molecule has 1 rings (SSSR count). The molecule has 6 heteroatoms. The van der Waals surface area contributed by atoms with Crippen molar-refractivity contribution in [3.63, 3.8) is 0 Å². The largest absolute Gasteiger partial charge is 0.378 e. The highest BCUT2D eigenvalue weighted by molar-refractivity contribution is 9.09. The number of allylic oxidation sites excluding steroid dienone is 1. The fraction of sp³-hybridized carbons (Fsp3) is 0.222. The third-order valence-corrected chi connectivity index (χ3v) is 2.32. The number of nitrogen functional groups attached to an aromatic ring is 1. The lowest BCUT2D eigenvalue weighted by molar-refractivity contribution is -0.384. The second-order valence-electron chi connectivity index (χ2n) is 2.89. The number of nitrogens with two attached hydrogens (primary N) is 1. The standard InChI is InChI=1S/C9H10BrN3O2/c1-6-7(3-2-4-10)5-12-9(11)8(6)13(14)15/h2-3,5H,4H2,1H3,(H2,11,12). The van der Waals surface area contributed by atoms with Crippen LogP contribution in [0, 0.1) is 17.0 Å². The van der Waals surface area contributed by atoms with Gasteiger partial charge in [-0.2, -0.15) is 0 Å². The van der Waals surface area contributed by atoms with Crippen LogP contribution >= 0.6 is 15.9 Å². The smallest absolute Gasteiger partial charge is 0.314 e. The minimum atomic E-state index is -0.511. The van der Waals surface area contributed by atoms with Gasteiger partial charge in [-0.15, -0.1) is 0 Å². The quantitative estimate of drug-likeness (QED) is 0.520. The second-order valence-corrected chi connectivity index (χ2v) is 3.53. The summed E-state index contributed by atoms with van der Waals surface area (Å²) < 4.78 is 0. The van der Waals surface area contributed by atoms with Gasteiger partial charge in [0.25, 0.3) is 0 Å². The van der Waals surface area contributed by atoms with Crippen molar-refractivity contribution < 1.29 is 4.92 Å². The number of halogens is 1. The van der Waals surface area contributed by atoms with E-state index >= 15 is 0 Å². The van der Waals surface area contributed by atoms with E-state index in [4.69, 9.17) is 5.73 Å². The lowest BCUT2D eigenvalue weighted by Crippen LogP contribution is -2.02. The molecule has 0 aliphatic heterocycles. The number of hydrogen-bond acceptors (Lipinski definition) is 4. The highest BCUT2D eigenvalue weighted by atomic mass is 79.9. The Bertz CT molecular complexity index is 418. The van der Waals surface area contributed by atoms with Crippen LogP contribution in [-0.4, -0.2) is 15.2 Å². The predicted octanol–water partition coefficient (Wildman–Crippen LogP) is 2.29. The third kappa shape index (κ3) is 2.53. The summed E-state index contributed by atoms with van der Waals surface area (Å²) in [4.78, 5) is 14.0. The first-order valence-corrected chi connectivity index (χ1v) is 5.32. The average Bonchev–Trinajstić information content (AvgIpc) is 2.16. The second kappa shape index (κ2) is 4.88. The molecule has 15 heavy (non-hydrogen) atoms. The number of alkyl halides is 1. The van der Waals surface area contributed by atoms with E-state index in [1.165, 1.54) is 6.20 Å². The van der Waals surface area contributed by atoms with E-state index in [9.17, 15) is 10.1 Å². The SMILES string of the molecule is Cc1c(C=CCBr)cnc(N)c1[N+](=O)[O-]. The number of nitrogens with zero attached hydrogens (tertiary/aromatic N) is 2. The molecule has 0 saturated heterocycles. The number of aromatic nitrogens is 1. The van der Waals surface area contributed by atoms with Gasteiger partial charge in [0.1, 0.15) is 0 Å². The Hall–Kier alpha value is -1.43. The fourth-order valence-electron chi connectivity index (χ4n) is 1.20. The number of pyridine rings is 1. The molecule has 0 atom stereocenters. The minimum absolute atomic E-state index is 0.0477. The molecule has 0 saturated carbocycles. The Morgan fingerprint density at radius 1 is 1.73 bits per heavy atom. The van der Waals surface area contributed by atoms with Crippen LogP contribution in [0.2, 0.25) is 0 Å². The minimum Gasteiger partial charge on any atom is -0.378 e. The molecule has 1 aromatic heterocycles. The maximum absolute atomic E-state index is 10.7. The van der Waals surface area contributed by atoms with Gasteiger partial charge in [0.15, 0.2) is 0 Å². The Kier molecular flexibility index (Phi) is 3.79. The molecule has 1 heterocycles. The van der Waals surface area contributed by atoms with E-state index in [1.54, 1.807) is 13.0 Å². The van der Waals surface area contributed by atoms with Gasteiger partial charge in [0.2, 0.25) is 5.82 Å². The summed E-state index contributed by atoms with van der Waals surface area (Å²) in [5, 5.41) is 11.4. The summed E-state index contributed by atoms with van der Waals surface area (Å²) in [6.07, 6.45) is 5.13. The zero-order valence-electron chi connectivity index (χ0n) is 8.11. The molecular weight excluding hydrogens is 262 g/mol. The topological polar surface area (TPSA) is 82.0 Å². The average molecular weight is 272 g/mol. The summed E-state index contributed by atoms with van der Waals surface area (Å²) in [5.41, 5.74) is 6.55. The van der Waals surface area contributed by atoms with Crippen LogP contribution in [0.4, 0.5) is 11.5 Å². The summed E-state index contributed by atoms with van der Waals surface area (Å²) >= 11 is 3.23. The molecule has 2 N–H and O–H groups in total. The Morgan fingerprint density at radius 3 is 2.93 bits per heavy atom. The van der Waals surface area contributed by atoms with Gasteiger partial charge in [0, 0.05) is 22.7 Å². The molecule has 80 valence electrons. The summed E-state index contributed by atoms with van der Waals surface area (Å²) in [5.74, 6) is -0.0477. The molecule has 0 bridgehead atoms. The van der Waals surface area contributed by atoms with E-state index in [-0.39, 0.29) is 11.5 Å². The van der Waals surface area contributed by atoms with E-state index in [0.717, 1.165) is 0 Å². The molecule has 5 nitrogen and oxygen atoms in total. The molecular formula is C9H10BrN3O2. The van der Waals surface area contributed by atoms with Gasteiger partial charge in [-0.1, -0.05) is 28.1 Å². The lowest BCUT2D eigenvalue weighted by atomic mass is 10.1. The first-order valence-electron chi connectivity index (χ1n) is 4.20. The van der Waals surface area contributed by atoms with Crippen molar-refractivity contribution in [2.75, 3.05) is 11.1 Å². The lowest BCUT2D eigenvalue weighted by Gasteiger charge is -2.03. The highest BCUT2D eigenvalue weighted by Gasteiger charge is 2.18. The third-order valence-electron chi connectivity index (χ3n) is 1.94. The van der Waals surface area contributed by atoms with Gasteiger partial charge in [-0.05, 0) is 6.92 Å². The van der Waals surface area contributed by atoms with Crippen molar-refractivity contribution in [3.05, 3.63) is 33.5 Å². The zero-order chi connectivity index (χ0) is 11.4. The van der Waals surface area contributed by atoms with Crippen molar-refractivity contribution in [1.29, 1.82) is 0 Å². The zero-order valence-corrected chi connectivity index (χ0v) is 9.69. The van der Waals surface area contributed by atoms with Gasteiger partial charge in [-0.3, -0.25) is 10.1 Å². The summed E-state index contributed by atoms with van der Waals surface area (Å²) in [7, 11) is 0. The van der Waals surface area contributed by atoms with Crippen LogP contribution in [0.25, 0.3) is 6.08 Å². The summed E-state index contributed by atoms with van der Waals surface area (Å²) in [6, 6.07) is 0. The molecule has 0 fully saturated rings. The molecule has 0 aliphatic carbocycles. The normalized spacial score (nSPS) is 10.8. The van der Waals surface area contributed by atoms with Crippen LogP contribution in [0.15, 0.2) is 12.3 Å². The Labute approximate surface area is 95.3 Å². The maximum atomic E-state index is 10.7. The predicted molar refractivity (Wildman–Crippen MR) is 62.9 cm³/mol. The van der Waals surface area contributed by atoms with Gasteiger partial charge in [0.05, 0.1) is 4.92 Å². The summed E-state index contributed by atoms with van der Waals surface area (Å²) in [6.45, 7) is 1.66. The van der Waals surface area contributed by atoms with Crippen LogP contribution < -0.4 is 5.73 Å². The van der Waals surface area contributed by atoms with Crippen molar-refractivity contribution in [2.45, 2.75) is 6.92 Å². The van der Waals surface area contributed by atoms with E-state index in [0.29, 0.717) is 16.5 Å². The molecule has 0 aromatic carbocycles. The highest BCUT2D eigenvalue weighted by Crippen LogP contribution is 2.26. The fourth-order valence-corrected chi connectivity index (χ4v) is 1.38. The van der Waals surface area contributed by atoms with Gasteiger partial charge >= 0.3 is 5.69 Å². The molecule has 1 aromatic rings. The number of hydrogen-bond donors (Lipinski definition) is 1. The Morgan fingerprint density at radius 2 is 2.40 bits per heavy atom. The van der Waals surface area contributed by atoms with Crippen LogP contribution in [0.1, 0.15) is 11.1 Å². The van der Waals surface area contributed by atoms with Crippen molar-refractivity contribution >= 4 is 33.5 Å². The number of rotatable bonds is 3. The number of nitro groups is 1. The van der Waals surface area contributed by atoms with E-state index in [2.05, 4.69) is 20.9 Å². The van der Waals surface area contributed by atoms with Crippen LogP contribution in [-0.2, 0) is 0 Å². The Balaban J connectivity index is 3.28. The monoisotopic (exact) mass is 271 g/mol. The van der Waals surface area contributed by atoms with E-state index < -0.39 is 4.92 Å². The van der Waals surface area contributed by atoms with Crippen molar-refractivity contribution in [2.24, 2.45) is 0 Å². The maximum Gasteiger partial charge on any atom is 0.314 e. The molecule has 0 amide bonds. The van der Waals surface area contributed by atoms with Crippen LogP contribution in [0.3, 0.4) is 0 Å². The molecule has 0 spiro atoms. The van der Waals surface area contributed by atoms with Gasteiger partial charge in [-0.25, -0.2) is 4.98 Å². The van der Waals surface area contributed by atoms with Crippen molar-refractivity contribution in [3.8, 4) is 0 Å². The first kappa shape index (κ1) is 11.6. The first-order chi connectivity index (χ1) is 7.07. The molecule has 0 unspecified atom stereocenters. The van der Waals surface area contributed by atoms with Crippen LogP contribution in [0.5, 0.6) is 0 Å². The molecule has 0 radical (unpaired) electrons. The van der Waals surface area contributed by atoms with Crippen molar-refractivity contribution in [1.82, 2.24) is 4.98 Å². The van der Waals surface area contributed by atoms with Gasteiger partial charge < -0.3 is 5.73 Å².